The number of hydrogen-bond donors (Lipinski definition) is 3. The Kier molecular flexibility index (Phi) is 5.57. The largest absolute Gasteiger partial charge is 0.379 e. The van der Waals surface area contributed by atoms with E-state index in [1.54, 1.807) is 17.1 Å². The highest BCUT2D eigenvalue weighted by Crippen LogP contribution is 2.50. The number of urea groups is 1. The zero-order valence-corrected chi connectivity index (χ0v) is 21.6. The van der Waals surface area contributed by atoms with Crippen molar-refractivity contribution < 1.29 is 19.1 Å². The maximum absolute atomic E-state index is 13.7. The molecule has 1 aliphatic carbocycles. The Morgan fingerprint density at radius 3 is 2.82 bits per heavy atom. The van der Waals surface area contributed by atoms with Crippen LogP contribution < -0.4 is 16.1 Å². The van der Waals surface area contributed by atoms with Gasteiger partial charge in [0.2, 0.25) is 0 Å². The minimum atomic E-state index is -0.517. The number of hydrazine groups is 1. The first-order valence-electron chi connectivity index (χ1n) is 12.8. The number of fused-ring (bicyclic) bond motifs is 5. The number of carbonyl (C=O) groups excluding carboxylic acids is 3. The highest BCUT2D eigenvalue weighted by Gasteiger charge is 2.54. The van der Waals surface area contributed by atoms with E-state index in [2.05, 4.69) is 31.2 Å². The second-order valence-corrected chi connectivity index (χ2v) is 11.4. The Labute approximate surface area is 222 Å². The second-order valence-electron chi connectivity index (χ2n) is 10.3. The number of ether oxygens (including phenoxy) is 1. The number of carbonyl (C=O) groups is 3. The molecule has 3 saturated heterocycles. The number of piperazine rings is 1. The van der Waals surface area contributed by atoms with Crippen molar-refractivity contribution in [1.29, 1.82) is 0 Å². The van der Waals surface area contributed by atoms with Crippen molar-refractivity contribution in [3.8, 4) is 0 Å². The van der Waals surface area contributed by atoms with Crippen LogP contribution in [-0.4, -0.2) is 85.5 Å². The molecule has 1 unspecified atom stereocenters. The number of thiophene rings is 1. The van der Waals surface area contributed by atoms with Crippen LogP contribution >= 0.6 is 11.3 Å². The first-order chi connectivity index (χ1) is 18.4. The summed E-state index contributed by atoms with van der Waals surface area (Å²) in [6.07, 6.45) is 0.813. The molecule has 1 aromatic carbocycles. The van der Waals surface area contributed by atoms with Crippen LogP contribution in [-0.2, 0) is 4.74 Å². The maximum atomic E-state index is 13.7. The van der Waals surface area contributed by atoms with Crippen molar-refractivity contribution in [3.05, 3.63) is 56.8 Å². The Hall–Kier alpha value is -3.29. The Balaban J connectivity index is 1.15. The quantitative estimate of drug-likeness (QED) is 0.504. The summed E-state index contributed by atoms with van der Waals surface area (Å²) in [5, 5.41) is 16.9. The van der Waals surface area contributed by atoms with Gasteiger partial charge in [-0.3, -0.25) is 19.9 Å². The van der Waals surface area contributed by atoms with E-state index in [1.807, 2.05) is 25.2 Å². The first kappa shape index (κ1) is 23.8. The number of nitrogens with one attached hydrogen (secondary N) is 3. The molecule has 7 rings (SSSR count). The molecule has 2 aromatic rings. The van der Waals surface area contributed by atoms with Crippen LogP contribution in [0.4, 0.5) is 10.5 Å². The van der Waals surface area contributed by atoms with Crippen LogP contribution in [0.2, 0.25) is 0 Å². The molecule has 4 aliphatic heterocycles. The summed E-state index contributed by atoms with van der Waals surface area (Å²) in [5.41, 5.74) is 4.88. The standard InChI is InChI=1S/C26H27N7O4S/c1-32-12-14-11-26(32,13-27-14)24(35)18-6-5-17(38-18)22-20-21(29-30-22)15-3-2-4-16(19(15)23(20)34)28-25(36)31-33-7-9-37-10-8-33/h2-6,14,21,27H,7-13H2,1H3,(H2,28,31,36)/t14-,21?,26+/m0/s1. The van der Waals surface area contributed by atoms with E-state index in [0.29, 0.717) is 66.3 Å². The fourth-order valence-corrected chi connectivity index (χ4v) is 7.24. The monoisotopic (exact) mass is 533 g/mol. The molecule has 0 spiro atoms. The van der Waals surface area contributed by atoms with Crippen molar-refractivity contribution in [3.63, 3.8) is 0 Å². The van der Waals surface area contributed by atoms with Gasteiger partial charge in [0, 0.05) is 32.2 Å². The molecule has 2 bridgehead atoms. The van der Waals surface area contributed by atoms with Gasteiger partial charge in [-0.15, -0.1) is 11.3 Å². The molecule has 0 radical (unpaired) electrons. The van der Waals surface area contributed by atoms with Gasteiger partial charge in [0.15, 0.2) is 11.6 Å². The summed E-state index contributed by atoms with van der Waals surface area (Å²) in [6.45, 7) is 3.80. The molecule has 12 heteroatoms. The fraction of sp³-hybridized carbons (Fsp3) is 0.423. The smallest absolute Gasteiger partial charge is 0.333 e. The van der Waals surface area contributed by atoms with E-state index >= 15 is 0 Å². The number of ketones is 2. The van der Waals surface area contributed by atoms with Gasteiger partial charge < -0.3 is 15.4 Å². The topological polar surface area (TPSA) is 128 Å². The summed E-state index contributed by atoms with van der Waals surface area (Å²) in [4.78, 5) is 43.5. The van der Waals surface area contributed by atoms with Crippen LogP contribution in [0.25, 0.3) is 5.70 Å². The van der Waals surface area contributed by atoms with Crippen LogP contribution in [0.15, 0.2) is 46.1 Å². The third-order valence-corrected chi connectivity index (χ3v) is 9.25. The van der Waals surface area contributed by atoms with E-state index in [0.717, 1.165) is 23.4 Å². The molecule has 3 atom stereocenters. The van der Waals surface area contributed by atoms with Crippen molar-refractivity contribution in [2.45, 2.75) is 24.0 Å². The molecular weight excluding hydrogens is 506 g/mol. The number of likely N-dealkylation sites (tertiary alicyclic amines) is 1. The number of morpholine rings is 1. The third-order valence-electron chi connectivity index (χ3n) is 8.16. The van der Waals surface area contributed by atoms with Crippen LogP contribution in [0.5, 0.6) is 0 Å². The zero-order valence-electron chi connectivity index (χ0n) is 20.8. The van der Waals surface area contributed by atoms with Gasteiger partial charge in [-0.2, -0.15) is 10.2 Å². The van der Waals surface area contributed by atoms with Gasteiger partial charge in [0.05, 0.1) is 45.3 Å². The number of Topliss-reactive ketones (excluding diaryl/α,β-unsaturated/α-hetero) is 2. The minimum Gasteiger partial charge on any atom is -0.379 e. The Morgan fingerprint density at radius 2 is 2.05 bits per heavy atom. The molecule has 3 N–H and O–H groups in total. The van der Waals surface area contributed by atoms with Gasteiger partial charge in [-0.1, -0.05) is 12.1 Å². The summed E-state index contributed by atoms with van der Waals surface area (Å²) in [5.74, 6) is -0.0925. The van der Waals surface area contributed by atoms with Gasteiger partial charge >= 0.3 is 6.03 Å². The molecule has 5 aliphatic rings. The summed E-state index contributed by atoms with van der Waals surface area (Å²) in [6, 6.07) is 8.48. The fourth-order valence-electron chi connectivity index (χ4n) is 6.20. The van der Waals surface area contributed by atoms with Gasteiger partial charge in [0.25, 0.3) is 0 Å². The molecule has 11 nitrogen and oxygen atoms in total. The average molecular weight is 534 g/mol. The predicted molar refractivity (Wildman–Crippen MR) is 140 cm³/mol. The summed E-state index contributed by atoms with van der Waals surface area (Å²) >= 11 is 1.36. The molecule has 3 fully saturated rings. The highest BCUT2D eigenvalue weighted by atomic mass is 32.1. The molecule has 2 amide bonds. The second kappa shape index (κ2) is 8.89. The number of hydrogen-bond acceptors (Lipinski definition) is 10. The minimum absolute atomic E-state index is 0.111. The highest BCUT2D eigenvalue weighted by molar-refractivity contribution is 7.15. The van der Waals surface area contributed by atoms with Crippen LogP contribution in [0, 0.1) is 0 Å². The molecule has 1 aromatic heterocycles. The van der Waals surface area contributed by atoms with Crippen molar-refractivity contribution in [2.75, 3.05) is 51.8 Å². The average Bonchev–Trinajstić information content (AvgIpc) is 3.73. The lowest BCUT2D eigenvalue weighted by Crippen LogP contribution is -2.55. The maximum Gasteiger partial charge on any atom is 0.333 e. The molecule has 38 heavy (non-hydrogen) atoms. The van der Waals surface area contributed by atoms with Crippen molar-refractivity contribution in [1.82, 2.24) is 20.7 Å². The van der Waals surface area contributed by atoms with Crippen molar-refractivity contribution >= 4 is 40.3 Å². The Bertz CT molecular complexity index is 1430. The SMILES string of the molecule is CN1C[C@@H]2C[C@]1(C(=O)c1ccc(C3=C4C(=O)c5c(NC(=O)NN6CCOCC6)cccc5C4N=N3)s1)CN2. The first-order valence-corrected chi connectivity index (χ1v) is 13.6. The van der Waals surface area contributed by atoms with E-state index in [9.17, 15) is 14.4 Å². The van der Waals surface area contributed by atoms with Gasteiger partial charge in [-0.25, -0.2) is 9.80 Å². The van der Waals surface area contributed by atoms with Crippen LogP contribution in [0.1, 0.15) is 42.9 Å². The van der Waals surface area contributed by atoms with Crippen molar-refractivity contribution in [2.24, 2.45) is 10.2 Å². The lowest BCUT2D eigenvalue weighted by Gasteiger charge is -2.34. The van der Waals surface area contributed by atoms with E-state index in [-0.39, 0.29) is 11.6 Å². The van der Waals surface area contributed by atoms with Gasteiger partial charge in [0.1, 0.15) is 11.7 Å². The third kappa shape index (κ3) is 3.59. The number of likely N-dealkylation sites (N-methyl/N-ethyl adjacent to an activating group) is 1. The summed E-state index contributed by atoms with van der Waals surface area (Å²) in [7, 11) is 2.01. The Morgan fingerprint density at radius 1 is 1.21 bits per heavy atom. The lowest BCUT2D eigenvalue weighted by molar-refractivity contribution is 0.0207. The molecule has 5 heterocycles. The molecule has 0 saturated carbocycles. The molecule has 196 valence electrons. The summed E-state index contributed by atoms with van der Waals surface area (Å²) < 4.78 is 5.32. The number of benzene rings is 1. The normalized spacial score (nSPS) is 28.2. The zero-order chi connectivity index (χ0) is 26.0. The number of amides is 2. The van der Waals surface area contributed by atoms with E-state index in [1.165, 1.54) is 11.3 Å². The number of azo groups is 1. The van der Waals surface area contributed by atoms with E-state index in [4.69, 9.17) is 4.74 Å². The number of rotatable bonds is 5. The lowest BCUT2D eigenvalue weighted by atomic mass is 9.92. The predicted octanol–water partition coefficient (Wildman–Crippen LogP) is 2.46. The number of anilines is 1. The molecular formula is C26H27N7O4S. The van der Waals surface area contributed by atoms with Crippen LogP contribution in [0.3, 0.4) is 0 Å². The van der Waals surface area contributed by atoms with E-state index < -0.39 is 17.6 Å². The van der Waals surface area contributed by atoms with Gasteiger partial charge in [-0.05, 0) is 37.2 Å². The number of nitrogens with zero attached hydrogens (tertiary/aromatic N) is 4.